The van der Waals surface area contributed by atoms with Gasteiger partial charge in [-0.05, 0) is 25.0 Å². The van der Waals surface area contributed by atoms with Crippen LogP contribution < -0.4 is 0 Å². The van der Waals surface area contributed by atoms with Crippen molar-refractivity contribution in [2.24, 2.45) is 0 Å². The molecule has 0 radical (unpaired) electrons. The third-order valence-corrected chi connectivity index (χ3v) is 5.87. The van der Waals surface area contributed by atoms with Crippen molar-refractivity contribution in [1.82, 2.24) is 0 Å². The smallest absolute Gasteiger partial charge is 0.0384 e. The molecule has 0 spiro atoms. The SMILES string of the molecule is CCCCCCCC.Cc1cccc2c1sc1c(C)cccc12. The normalized spacial score (nSPS) is 10.8. The molecule has 0 saturated carbocycles. The largest absolute Gasteiger partial charge is 0.135 e. The van der Waals surface area contributed by atoms with E-state index in [1.807, 2.05) is 11.3 Å². The maximum Gasteiger partial charge on any atom is 0.0384 e. The van der Waals surface area contributed by atoms with E-state index in [0.29, 0.717) is 0 Å². The van der Waals surface area contributed by atoms with E-state index >= 15 is 0 Å². The van der Waals surface area contributed by atoms with Gasteiger partial charge in [-0.2, -0.15) is 0 Å². The van der Waals surface area contributed by atoms with Gasteiger partial charge in [0, 0.05) is 20.2 Å². The summed E-state index contributed by atoms with van der Waals surface area (Å²) in [5, 5.41) is 2.80. The predicted octanol–water partition coefficient (Wildman–Crippen LogP) is 8.04. The molecule has 0 nitrogen and oxygen atoms in total. The molecule has 0 saturated heterocycles. The number of unbranched alkanes of at least 4 members (excludes halogenated alkanes) is 5. The topological polar surface area (TPSA) is 0 Å². The zero-order chi connectivity index (χ0) is 16.7. The van der Waals surface area contributed by atoms with E-state index in [-0.39, 0.29) is 0 Å². The monoisotopic (exact) mass is 326 g/mol. The lowest BCUT2D eigenvalue weighted by Gasteiger charge is -1.94. The van der Waals surface area contributed by atoms with Crippen molar-refractivity contribution < 1.29 is 0 Å². The molecule has 1 heteroatoms. The van der Waals surface area contributed by atoms with Gasteiger partial charge in [0.2, 0.25) is 0 Å². The van der Waals surface area contributed by atoms with Crippen molar-refractivity contribution >= 4 is 31.5 Å². The van der Waals surface area contributed by atoms with Gasteiger partial charge < -0.3 is 0 Å². The van der Waals surface area contributed by atoms with Crippen LogP contribution in [0.15, 0.2) is 36.4 Å². The molecule has 0 aliphatic carbocycles. The first-order valence-electron chi connectivity index (χ1n) is 9.06. The van der Waals surface area contributed by atoms with Crippen LogP contribution in [0.25, 0.3) is 20.2 Å². The highest BCUT2D eigenvalue weighted by Crippen LogP contribution is 2.36. The number of hydrogen-bond donors (Lipinski definition) is 0. The third-order valence-electron chi connectivity index (χ3n) is 4.38. The average molecular weight is 327 g/mol. The fourth-order valence-corrected chi connectivity index (χ4v) is 4.19. The second-order valence-electron chi connectivity index (χ2n) is 6.42. The Labute approximate surface area is 145 Å². The lowest BCUT2D eigenvalue weighted by molar-refractivity contribution is 0.624. The van der Waals surface area contributed by atoms with E-state index in [4.69, 9.17) is 0 Å². The Balaban J connectivity index is 0.000000207. The Hall–Kier alpha value is -1.34. The van der Waals surface area contributed by atoms with Crippen LogP contribution in [0.4, 0.5) is 0 Å². The summed E-state index contributed by atoms with van der Waals surface area (Å²) in [5.74, 6) is 0. The summed E-state index contributed by atoms with van der Waals surface area (Å²) in [6.45, 7) is 8.89. The van der Waals surface area contributed by atoms with Gasteiger partial charge in [-0.15, -0.1) is 11.3 Å². The van der Waals surface area contributed by atoms with Crippen LogP contribution in [0, 0.1) is 13.8 Å². The zero-order valence-electron chi connectivity index (χ0n) is 15.1. The molecule has 0 amide bonds. The highest BCUT2D eigenvalue weighted by molar-refractivity contribution is 7.26. The molecular formula is C22H30S. The van der Waals surface area contributed by atoms with Crippen molar-refractivity contribution in [3.05, 3.63) is 47.5 Å². The van der Waals surface area contributed by atoms with Crippen molar-refractivity contribution in [3.8, 4) is 0 Å². The van der Waals surface area contributed by atoms with Crippen molar-refractivity contribution in [2.75, 3.05) is 0 Å². The van der Waals surface area contributed by atoms with Gasteiger partial charge in [0.1, 0.15) is 0 Å². The Bertz CT molecular complexity index is 674. The van der Waals surface area contributed by atoms with Crippen molar-refractivity contribution in [3.63, 3.8) is 0 Å². The summed E-state index contributed by atoms with van der Waals surface area (Å²) < 4.78 is 2.86. The summed E-state index contributed by atoms with van der Waals surface area (Å²) in [6, 6.07) is 13.1. The Kier molecular flexibility index (Phi) is 7.11. The van der Waals surface area contributed by atoms with E-state index in [9.17, 15) is 0 Å². The van der Waals surface area contributed by atoms with Crippen LogP contribution >= 0.6 is 11.3 Å². The number of hydrogen-bond acceptors (Lipinski definition) is 1. The Morgan fingerprint density at radius 3 is 1.48 bits per heavy atom. The molecule has 3 rings (SSSR count). The van der Waals surface area contributed by atoms with E-state index in [2.05, 4.69) is 64.1 Å². The molecule has 3 aromatic rings. The molecular weight excluding hydrogens is 296 g/mol. The van der Waals surface area contributed by atoms with E-state index < -0.39 is 0 Å². The van der Waals surface area contributed by atoms with Crippen LogP contribution in [0.5, 0.6) is 0 Å². The lowest BCUT2D eigenvalue weighted by atomic mass is 10.1. The maximum absolute atomic E-state index is 2.26. The molecule has 0 aliphatic heterocycles. The zero-order valence-corrected chi connectivity index (χ0v) is 15.9. The van der Waals surface area contributed by atoms with Crippen molar-refractivity contribution in [2.45, 2.75) is 66.2 Å². The van der Waals surface area contributed by atoms with Gasteiger partial charge in [0.25, 0.3) is 0 Å². The Morgan fingerprint density at radius 1 is 0.652 bits per heavy atom. The minimum absolute atomic E-state index is 1.36. The standard InChI is InChI=1S/C14H12S.C8H18/c1-9-5-3-7-11-12-8-4-6-10(2)14(12)15-13(9)11;1-3-5-7-8-6-4-2/h3-8H,1-2H3;3-8H2,1-2H3. The van der Waals surface area contributed by atoms with Crippen LogP contribution in [0.1, 0.15) is 63.5 Å². The molecule has 1 aromatic heterocycles. The second kappa shape index (κ2) is 9.08. The number of thiophene rings is 1. The molecule has 1 heterocycles. The molecule has 0 N–H and O–H groups in total. The molecule has 0 atom stereocenters. The Morgan fingerprint density at radius 2 is 1.09 bits per heavy atom. The van der Waals surface area contributed by atoms with Gasteiger partial charge >= 0.3 is 0 Å². The minimum Gasteiger partial charge on any atom is -0.135 e. The number of fused-ring (bicyclic) bond motifs is 3. The molecule has 0 unspecified atom stereocenters. The number of rotatable bonds is 5. The molecule has 124 valence electrons. The van der Waals surface area contributed by atoms with Gasteiger partial charge in [-0.1, -0.05) is 88.8 Å². The van der Waals surface area contributed by atoms with E-state index in [1.165, 1.54) is 69.8 Å². The molecule has 0 bridgehead atoms. The summed E-state index contributed by atoms with van der Waals surface area (Å²) in [4.78, 5) is 0. The van der Waals surface area contributed by atoms with Crippen LogP contribution in [0.3, 0.4) is 0 Å². The average Bonchev–Trinajstić information content (AvgIpc) is 2.94. The van der Waals surface area contributed by atoms with Gasteiger partial charge in [-0.25, -0.2) is 0 Å². The number of benzene rings is 2. The molecule has 0 fully saturated rings. The highest BCUT2D eigenvalue weighted by atomic mass is 32.1. The van der Waals surface area contributed by atoms with Crippen LogP contribution in [0.2, 0.25) is 0 Å². The fourth-order valence-electron chi connectivity index (χ4n) is 2.96. The summed E-state index contributed by atoms with van der Waals surface area (Å²) in [6.07, 6.45) is 8.49. The first-order chi connectivity index (χ1) is 11.2. The maximum atomic E-state index is 2.26. The third kappa shape index (κ3) is 4.57. The lowest BCUT2D eigenvalue weighted by Crippen LogP contribution is -1.73. The summed E-state index contributed by atoms with van der Waals surface area (Å²) in [5.41, 5.74) is 2.77. The minimum atomic E-state index is 1.36. The van der Waals surface area contributed by atoms with E-state index in [0.717, 1.165) is 0 Å². The van der Waals surface area contributed by atoms with Gasteiger partial charge in [-0.3, -0.25) is 0 Å². The van der Waals surface area contributed by atoms with Crippen molar-refractivity contribution in [1.29, 1.82) is 0 Å². The van der Waals surface area contributed by atoms with E-state index in [1.54, 1.807) is 0 Å². The first-order valence-corrected chi connectivity index (χ1v) is 9.88. The highest BCUT2D eigenvalue weighted by Gasteiger charge is 2.07. The second-order valence-corrected chi connectivity index (χ2v) is 7.44. The quantitative estimate of drug-likeness (QED) is 0.416. The fraction of sp³-hybridized carbons (Fsp3) is 0.455. The molecule has 0 aliphatic rings. The van der Waals surface area contributed by atoms with Crippen LogP contribution in [-0.2, 0) is 0 Å². The number of aryl methyl sites for hydroxylation is 2. The predicted molar refractivity (Wildman–Crippen MR) is 108 cm³/mol. The van der Waals surface area contributed by atoms with Gasteiger partial charge in [0.05, 0.1) is 0 Å². The first kappa shape index (κ1) is 18.0. The van der Waals surface area contributed by atoms with Gasteiger partial charge in [0.15, 0.2) is 0 Å². The molecule has 23 heavy (non-hydrogen) atoms. The molecule has 2 aromatic carbocycles. The van der Waals surface area contributed by atoms with Crippen LogP contribution in [-0.4, -0.2) is 0 Å². The summed E-state index contributed by atoms with van der Waals surface area (Å²) in [7, 11) is 0. The summed E-state index contributed by atoms with van der Waals surface area (Å²) >= 11 is 1.91.